The third-order valence-corrected chi connectivity index (χ3v) is 5.58. The van der Waals surface area contributed by atoms with Crippen LogP contribution in [0.3, 0.4) is 0 Å². The van der Waals surface area contributed by atoms with Crippen LogP contribution in [0.5, 0.6) is 0 Å². The van der Waals surface area contributed by atoms with E-state index in [1.807, 2.05) is 0 Å². The molecule has 3 fully saturated rings. The van der Waals surface area contributed by atoms with Crippen molar-refractivity contribution in [2.75, 3.05) is 13.1 Å². The number of nitrogens with zero attached hydrogens (tertiary/aromatic N) is 1. The van der Waals surface area contributed by atoms with Gasteiger partial charge in [0.15, 0.2) is 0 Å². The zero-order valence-corrected chi connectivity index (χ0v) is 11.5. The largest absolute Gasteiger partial charge is 0.342 e. The molecule has 3 rings (SSSR count). The molecular formula is C15H26N2O. The van der Waals surface area contributed by atoms with Crippen LogP contribution in [0.1, 0.15) is 45.4 Å². The first-order valence-electron chi connectivity index (χ1n) is 7.69. The summed E-state index contributed by atoms with van der Waals surface area (Å²) < 4.78 is 0. The van der Waals surface area contributed by atoms with Crippen molar-refractivity contribution >= 4 is 5.91 Å². The normalized spacial score (nSPS) is 44.1. The first-order valence-corrected chi connectivity index (χ1v) is 7.69. The second kappa shape index (κ2) is 4.84. The molecular weight excluding hydrogens is 224 g/mol. The van der Waals surface area contributed by atoms with Crippen LogP contribution in [0.2, 0.25) is 0 Å². The van der Waals surface area contributed by atoms with Crippen LogP contribution in [0, 0.1) is 23.7 Å². The number of carbonyl (C=O) groups excluding carboxylic acids is 1. The SMILES string of the molecule is CC1CCCC1C(=O)N1C[C@H]2CCC(N)C[C@H]2C1. The van der Waals surface area contributed by atoms with E-state index >= 15 is 0 Å². The average molecular weight is 250 g/mol. The lowest BCUT2D eigenvalue weighted by molar-refractivity contribution is -0.135. The zero-order chi connectivity index (χ0) is 12.7. The van der Waals surface area contributed by atoms with Gasteiger partial charge in [-0.2, -0.15) is 0 Å². The van der Waals surface area contributed by atoms with Crippen molar-refractivity contribution in [2.24, 2.45) is 29.4 Å². The van der Waals surface area contributed by atoms with Gasteiger partial charge in [0, 0.05) is 25.0 Å². The van der Waals surface area contributed by atoms with Crippen LogP contribution in [-0.4, -0.2) is 29.9 Å². The highest BCUT2D eigenvalue weighted by Crippen LogP contribution is 2.39. The van der Waals surface area contributed by atoms with Gasteiger partial charge in [-0.25, -0.2) is 0 Å². The van der Waals surface area contributed by atoms with Crippen molar-refractivity contribution < 1.29 is 4.79 Å². The van der Waals surface area contributed by atoms with E-state index in [1.165, 1.54) is 19.3 Å². The van der Waals surface area contributed by atoms with Crippen LogP contribution in [0.25, 0.3) is 0 Å². The molecule has 102 valence electrons. The third kappa shape index (κ3) is 2.18. The van der Waals surface area contributed by atoms with Gasteiger partial charge in [0.1, 0.15) is 0 Å². The van der Waals surface area contributed by atoms with Gasteiger partial charge in [0.25, 0.3) is 0 Å². The monoisotopic (exact) mass is 250 g/mol. The maximum absolute atomic E-state index is 12.6. The fourth-order valence-electron chi connectivity index (χ4n) is 4.39. The molecule has 5 atom stereocenters. The molecule has 0 aromatic carbocycles. The van der Waals surface area contributed by atoms with Gasteiger partial charge < -0.3 is 10.6 Å². The minimum Gasteiger partial charge on any atom is -0.342 e. The van der Waals surface area contributed by atoms with Crippen LogP contribution in [-0.2, 0) is 4.79 Å². The van der Waals surface area contributed by atoms with Crippen molar-refractivity contribution in [2.45, 2.75) is 51.5 Å². The molecule has 0 aromatic heterocycles. The Kier molecular flexibility index (Phi) is 3.35. The molecule has 1 aliphatic heterocycles. The predicted octanol–water partition coefficient (Wildman–Crippen LogP) is 2.01. The van der Waals surface area contributed by atoms with Crippen molar-refractivity contribution in [3.8, 4) is 0 Å². The van der Waals surface area contributed by atoms with E-state index in [-0.39, 0.29) is 0 Å². The Morgan fingerprint density at radius 3 is 2.61 bits per heavy atom. The summed E-state index contributed by atoms with van der Waals surface area (Å²) in [4.78, 5) is 14.7. The highest BCUT2D eigenvalue weighted by atomic mass is 16.2. The second-order valence-electron chi connectivity index (χ2n) is 6.85. The second-order valence-corrected chi connectivity index (χ2v) is 6.85. The lowest BCUT2D eigenvalue weighted by Crippen LogP contribution is -2.35. The van der Waals surface area contributed by atoms with Crippen molar-refractivity contribution in [3.05, 3.63) is 0 Å². The summed E-state index contributed by atoms with van der Waals surface area (Å²) in [6, 6.07) is 0.381. The minimum atomic E-state index is 0.318. The Balaban J connectivity index is 1.63. The third-order valence-electron chi connectivity index (χ3n) is 5.58. The highest BCUT2D eigenvalue weighted by molar-refractivity contribution is 5.79. The molecule has 1 saturated heterocycles. The number of hydrogen-bond acceptors (Lipinski definition) is 2. The molecule has 1 heterocycles. The van der Waals surface area contributed by atoms with Crippen LogP contribution < -0.4 is 5.73 Å². The van der Waals surface area contributed by atoms with E-state index in [4.69, 9.17) is 5.73 Å². The molecule has 3 heteroatoms. The van der Waals surface area contributed by atoms with Gasteiger partial charge in [0.2, 0.25) is 5.91 Å². The highest BCUT2D eigenvalue weighted by Gasteiger charge is 2.41. The van der Waals surface area contributed by atoms with Gasteiger partial charge in [-0.1, -0.05) is 13.3 Å². The average Bonchev–Trinajstić information content (AvgIpc) is 2.93. The molecule has 2 aliphatic carbocycles. The Morgan fingerprint density at radius 1 is 1.11 bits per heavy atom. The lowest BCUT2D eigenvalue weighted by atomic mass is 9.79. The number of hydrogen-bond donors (Lipinski definition) is 1. The van der Waals surface area contributed by atoms with Gasteiger partial charge in [-0.3, -0.25) is 4.79 Å². The Hall–Kier alpha value is -0.570. The summed E-state index contributed by atoms with van der Waals surface area (Å²) in [6.07, 6.45) is 7.12. The molecule has 3 nitrogen and oxygen atoms in total. The van der Waals surface area contributed by atoms with Gasteiger partial charge in [-0.15, -0.1) is 0 Å². The standard InChI is InChI=1S/C15H26N2O/c1-10-3-2-4-14(10)15(18)17-8-11-5-6-13(16)7-12(11)9-17/h10-14H,2-9,16H2,1H3/t10?,11-,12+,13?,14?/m1/s1. The van der Waals surface area contributed by atoms with E-state index in [0.29, 0.717) is 29.7 Å². The van der Waals surface area contributed by atoms with Crippen molar-refractivity contribution in [3.63, 3.8) is 0 Å². The fourth-order valence-corrected chi connectivity index (χ4v) is 4.39. The smallest absolute Gasteiger partial charge is 0.225 e. The number of likely N-dealkylation sites (tertiary alicyclic amines) is 1. The molecule has 1 amide bonds. The number of carbonyl (C=O) groups is 1. The predicted molar refractivity (Wildman–Crippen MR) is 71.9 cm³/mol. The molecule has 2 N–H and O–H groups in total. The summed E-state index contributed by atoms with van der Waals surface area (Å²) in [5, 5.41) is 0. The Bertz CT molecular complexity index is 330. The first-order chi connectivity index (χ1) is 8.65. The van der Waals surface area contributed by atoms with E-state index in [9.17, 15) is 4.79 Å². The maximum Gasteiger partial charge on any atom is 0.225 e. The molecule has 0 spiro atoms. The molecule has 0 radical (unpaired) electrons. The van der Waals surface area contributed by atoms with Gasteiger partial charge >= 0.3 is 0 Å². The first kappa shape index (κ1) is 12.5. The molecule has 18 heavy (non-hydrogen) atoms. The van der Waals surface area contributed by atoms with E-state index in [2.05, 4.69) is 11.8 Å². The molecule has 2 saturated carbocycles. The van der Waals surface area contributed by atoms with Gasteiger partial charge in [0.05, 0.1) is 0 Å². The topological polar surface area (TPSA) is 46.3 Å². The summed E-state index contributed by atoms with van der Waals surface area (Å²) in [5.74, 6) is 2.80. The molecule has 0 aromatic rings. The quantitative estimate of drug-likeness (QED) is 0.774. The molecule has 3 aliphatic rings. The number of amides is 1. The maximum atomic E-state index is 12.6. The summed E-state index contributed by atoms with van der Waals surface area (Å²) in [5.41, 5.74) is 6.05. The summed E-state index contributed by atoms with van der Waals surface area (Å²) >= 11 is 0. The van der Waals surface area contributed by atoms with E-state index < -0.39 is 0 Å². The summed E-state index contributed by atoms with van der Waals surface area (Å²) in [7, 11) is 0. The van der Waals surface area contributed by atoms with Crippen molar-refractivity contribution in [1.29, 1.82) is 0 Å². The van der Waals surface area contributed by atoms with Crippen molar-refractivity contribution in [1.82, 2.24) is 4.90 Å². The van der Waals surface area contributed by atoms with Gasteiger partial charge in [-0.05, 0) is 49.9 Å². The lowest BCUT2D eigenvalue weighted by Gasteiger charge is -2.27. The zero-order valence-electron chi connectivity index (χ0n) is 11.5. The Labute approximate surface area is 110 Å². The molecule has 0 bridgehead atoms. The van der Waals surface area contributed by atoms with E-state index in [0.717, 1.165) is 38.3 Å². The Morgan fingerprint density at radius 2 is 1.89 bits per heavy atom. The molecule has 3 unspecified atom stereocenters. The number of rotatable bonds is 1. The number of nitrogens with two attached hydrogens (primary N) is 1. The number of fused-ring (bicyclic) bond motifs is 1. The van der Waals surface area contributed by atoms with E-state index in [1.54, 1.807) is 0 Å². The fraction of sp³-hybridized carbons (Fsp3) is 0.933. The summed E-state index contributed by atoms with van der Waals surface area (Å²) in [6.45, 7) is 4.24. The van der Waals surface area contributed by atoms with Crippen LogP contribution >= 0.6 is 0 Å². The van der Waals surface area contributed by atoms with Crippen LogP contribution in [0.4, 0.5) is 0 Å². The minimum absolute atomic E-state index is 0.318. The van der Waals surface area contributed by atoms with Crippen LogP contribution in [0.15, 0.2) is 0 Å².